The van der Waals surface area contributed by atoms with E-state index in [2.05, 4.69) is 24.1 Å². The Hall–Kier alpha value is -0.160. The molecule has 2 atom stereocenters. The van der Waals surface area contributed by atoms with Crippen LogP contribution in [0.1, 0.15) is 26.7 Å². The Morgan fingerprint density at radius 3 is 2.67 bits per heavy atom. The number of methoxy groups -OCH3 is 2. The Labute approximate surface area is 112 Å². The molecule has 0 aliphatic carbocycles. The topological polar surface area (TPSA) is 33.7 Å². The highest BCUT2D eigenvalue weighted by Crippen LogP contribution is 2.18. The van der Waals surface area contributed by atoms with Gasteiger partial charge < -0.3 is 14.8 Å². The first-order valence-corrected chi connectivity index (χ1v) is 7.12. The summed E-state index contributed by atoms with van der Waals surface area (Å²) in [7, 11) is 3.59. The first kappa shape index (κ1) is 15.9. The number of rotatable bonds is 8. The summed E-state index contributed by atoms with van der Waals surface area (Å²) in [6, 6.07) is 1.01. The van der Waals surface area contributed by atoms with Crippen LogP contribution in [0.4, 0.5) is 0 Å². The van der Waals surface area contributed by atoms with Gasteiger partial charge in [-0.3, -0.25) is 4.90 Å². The molecule has 1 heterocycles. The van der Waals surface area contributed by atoms with Crippen molar-refractivity contribution in [1.29, 1.82) is 0 Å². The minimum atomic E-state index is 0.483. The summed E-state index contributed by atoms with van der Waals surface area (Å²) in [5, 5.41) is 3.52. The number of hydrogen-bond donors (Lipinski definition) is 1. The number of ether oxygens (including phenoxy) is 2. The molecule has 0 bridgehead atoms. The van der Waals surface area contributed by atoms with Gasteiger partial charge in [-0.1, -0.05) is 13.8 Å². The minimum absolute atomic E-state index is 0.483. The average molecular weight is 258 g/mol. The highest BCUT2D eigenvalue weighted by molar-refractivity contribution is 4.81. The van der Waals surface area contributed by atoms with E-state index in [1.807, 2.05) is 0 Å². The van der Waals surface area contributed by atoms with Gasteiger partial charge in [0.1, 0.15) is 0 Å². The van der Waals surface area contributed by atoms with Crippen LogP contribution in [0.3, 0.4) is 0 Å². The van der Waals surface area contributed by atoms with Crippen LogP contribution >= 0.6 is 0 Å². The molecular formula is C14H30N2O2. The fraction of sp³-hybridized carbons (Fsp3) is 1.00. The second-order valence-corrected chi connectivity index (χ2v) is 5.63. The van der Waals surface area contributed by atoms with Crippen LogP contribution in [0.25, 0.3) is 0 Å². The summed E-state index contributed by atoms with van der Waals surface area (Å²) in [6.45, 7) is 9.40. The van der Waals surface area contributed by atoms with E-state index >= 15 is 0 Å². The van der Waals surface area contributed by atoms with Crippen LogP contribution in [-0.2, 0) is 9.47 Å². The summed E-state index contributed by atoms with van der Waals surface area (Å²) in [4.78, 5) is 2.56. The quantitative estimate of drug-likeness (QED) is 0.713. The summed E-state index contributed by atoms with van der Waals surface area (Å²) < 4.78 is 10.7. The van der Waals surface area contributed by atoms with Crippen molar-refractivity contribution in [3.8, 4) is 0 Å². The lowest BCUT2D eigenvalue weighted by Crippen LogP contribution is -2.50. The molecule has 2 unspecified atom stereocenters. The van der Waals surface area contributed by atoms with Crippen LogP contribution in [0, 0.1) is 5.92 Å². The van der Waals surface area contributed by atoms with Crippen LogP contribution in [0.2, 0.25) is 0 Å². The van der Waals surface area contributed by atoms with Crippen molar-refractivity contribution >= 4 is 0 Å². The van der Waals surface area contributed by atoms with Gasteiger partial charge in [-0.05, 0) is 25.3 Å². The Morgan fingerprint density at radius 2 is 2.06 bits per heavy atom. The second-order valence-electron chi connectivity index (χ2n) is 5.63. The average Bonchev–Trinajstić information content (AvgIpc) is 2.35. The predicted octanol–water partition coefficient (Wildman–Crippen LogP) is 1.36. The lowest BCUT2D eigenvalue weighted by Gasteiger charge is -2.38. The third-order valence-electron chi connectivity index (χ3n) is 3.59. The van der Waals surface area contributed by atoms with Gasteiger partial charge >= 0.3 is 0 Å². The zero-order chi connectivity index (χ0) is 13.4. The Balaban J connectivity index is 2.44. The fourth-order valence-electron chi connectivity index (χ4n) is 2.66. The standard InChI is InChI=1S/C14H30N2O2/c1-12(2)15-8-14(11-18-4)16-7-5-6-13(9-16)10-17-3/h12-15H,5-11H2,1-4H3. The molecule has 108 valence electrons. The Bertz CT molecular complexity index is 210. The van der Waals surface area contributed by atoms with Crippen molar-refractivity contribution in [3.05, 3.63) is 0 Å². The smallest absolute Gasteiger partial charge is 0.0630 e. The highest BCUT2D eigenvalue weighted by atomic mass is 16.5. The van der Waals surface area contributed by atoms with Gasteiger partial charge in [0.15, 0.2) is 0 Å². The maximum absolute atomic E-state index is 5.37. The third kappa shape index (κ3) is 5.65. The van der Waals surface area contributed by atoms with Crippen molar-refractivity contribution in [1.82, 2.24) is 10.2 Å². The van der Waals surface area contributed by atoms with E-state index in [4.69, 9.17) is 9.47 Å². The molecule has 1 saturated heterocycles. The lowest BCUT2D eigenvalue weighted by atomic mass is 9.97. The number of likely N-dealkylation sites (tertiary alicyclic amines) is 1. The largest absolute Gasteiger partial charge is 0.384 e. The number of hydrogen-bond acceptors (Lipinski definition) is 4. The van der Waals surface area contributed by atoms with Gasteiger partial charge in [-0.2, -0.15) is 0 Å². The molecule has 0 saturated carbocycles. The van der Waals surface area contributed by atoms with Crippen molar-refractivity contribution in [2.24, 2.45) is 5.92 Å². The fourth-order valence-corrected chi connectivity index (χ4v) is 2.66. The maximum atomic E-state index is 5.37. The Morgan fingerprint density at radius 1 is 1.28 bits per heavy atom. The number of nitrogens with one attached hydrogen (secondary N) is 1. The molecule has 1 N–H and O–H groups in total. The molecule has 4 nitrogen and oxygen atoms in total. The SMILES string of the molecule is COCC1CCCN(C(CNC(C)C)COC)C1. The number of piperidine rings is 1. The molecule has 0 aromatic heterocycles. The van der Waals surface area contributed by atoms with Gasteiger partial charge in [0, 0.05) is 39.4 Å². The zero-order valence-electron chi connectivity index (χ0n) is 12.4. The van der Waals surface area contributed by atoms with Crippen LogP contribution < -0.4 is 5.32 Å². The molecule has 1 aliphatic heterocycles. The van der Waals surface area contributed by atoms with E-state index in [-0.39, 0.29) is 0 Å². The van der Waals surface area contributed by atoms with Crippen molar-refractivity contribution in [2.45, 2.75) is 38.8 Å². The van der Waals surface area contributed by atoms with E-state index in [0.717, 1.165) is 26.3 Å². The monoisotopic (exact) mass is 258 g/mol. The highest BCUT2D eigenvalue weighted by Gasteiger charge is 2.25. The van der Waals surface area contributed by atoms with Gasteiger partial charge in [0.2, 0.25) is 0 Å². The molecular weight excluding hydrogens is 228 g/mol. The molecule has 0 aromatic rings. The molecule has 0 aromatic carbocycles. The molecule has 18 heavy (non-hydrogen) atoms. The van der Waals surface area contributed by atoms with E-state index in [9.17, 15) is 0 Å². The van der Waals surface area contributed by atoms with Crippen LogP contribution in [0.15, 0.2) is 0 Å². The molecule has 1 aliphatic rings. The first-order chi connectivity index (χ1) is 8.67. The predicted molar refractivity (Wildman–Crippen MR) is 75.0 cm³/mol. The van der Waals surface area contributed by atoms with Crippen LogP contribution in [0.5, 0.6) is 0 Å². The normalized spacial score (nSPS) is 23.5. The third-order valence-corrected chi connectivity index (χ3v) is 3.59. The van der Waals surface area contributed by atoms with Gasteiger partial charge in [-0.15, -0.1) is 0 Å². The summed E-state index contributed by atoms with van der Waals surface area (Å²) in [5.74, 6) is 0.683. The molecule has 4 heteroatoms. The van der Waals surface area contributed by atoms with Crippen LogP contribution in [-0.4, -0.2) is 64.1 Å². The van der Waals surface area contributed by atoms with Gasteiger partial charge in [0.05, 0.1) is 13.2 Å². The Kier molecular flexibility index (Phi) is 7.82. The summed E-state index contributed by atoms with van der Waals surface area (Å²) in [6.07, 6.45) is 2.57. The van der Waals surface area contributed by atoms with Crippen molar-refractivity contribution in [2.75, 3.05) is 47.1 Å². The van der Waals surface area contributed by atoms with Gasteiger partial charge in [-0.25, -0.2) is 0 Å². The van der Waals surface area contributed by atoms with E-state index < -0.39 is 0 Å². The molecule has 0 radical (unpaired) electrons. The molecule has 1 rings (SSSR count). The van der Waals surface area contributed by atoms with Crippen molar-refractivity contribution in [3.63, 3.8) is 0 Å². The molecule has 0 amide bonds. The maximum Gasteiger partial charge on any atom is 0.0630 e. The second kappa shape index (κ2) is 8.86. The molecule has 1 fully saturated rings. The first-order valence-electron chi connectivity index (χ1n) is 7.12. The van der Waals surface area contributed by atoms with Crippen molar-refractivity contribution < 1.29 is 9.47 Å². The lowest BCUT2D eigenvalue weighted by molar-refractivity contribution is 0.0359. The van der Waals surface area contributed by atoms with Gasteiger partial charge in [0.25, 0.3) is 0 Å². The van der Waals surface area contributed by atoms with E-state index in [1.165, 1.54) is 19.4 Å². The molecule has 0 spiro atoms. The zero-order valence-corrected chi connectivity index (χ0v) is 12.4. The minimum Gasteiger partial charge on any atom is -0.384 e. The van der Waals surface area contributed by atoms with E-state index in [0.29, 0.717) is 18.0 Å². The summed E-state index contributed by atoms with van der Waals surface area (Å²) >= 11 is 0. The summed E-state index contributed by atoms with van der Waals surface area (Å²) in [5.41, 5.74) is 0. The number of nitrogens with zero attached hydrogens (tertiary/aromatic N) is 1. The van der Waals surface area contributed by atoms with E-state index in [1.54, 1.807) is 14.2 Å².